The number of nitrogens with zero attached hydrogens (tertiary/aromatic N) is 2. The summed E-state index contributed by atoms with van der Waals surface area (Å²) in [5.41, 5.74) is 4.86. The Morgan fingerprint density at radius 3 is 2.46 bits per heavy atom. The lowest BCUT2D eigenvalue weighted by atomic mass is 10.1. The summed E-state index contributed by atoms with van der Waals surface area (Å²) in [4.78, 5) is 7.10. The number of halogens is 3. The third-order valence-corrected chi connectivity index (χ3v) is 1.57. The van der Waals surface area contributed by atoms with Crippen molar-refractivity contribution in [3.05, 3.63) is 24.3 Å². The zero-order chi connectivity index (χ0) is 9.90. The molecule has 6 heteroatoms. The lowest BCUT2D eigenvalue weighted by molar-refractivity contribution is -0.148. The second kappa shape index (κ2) is 3.69. The summed E-state index contributed by atoms with van der Waals surface area (Å²) in [5.74, 6) is -1.72. The summed E-state index contributed by atoms with van der Waals surface area (Å²) in [7, 11) is 0. The van der Waals surface area contributed by atoms with E-state index in [-0.39, 0.29) is 5.69 Å². The third kappa shape index (κ3) is 2.38. The highest BCUT2D eigenvalue weighted by atomic mass is 19.4. The topological polar surface area (TPSA) is 51.8 Å². The van der Waals surface area contributed by atoms with Crippen LogP contribution in [0.15, 0.2) is 18.6 Å². The molecule has 1 heterocycles. The van der Waals surface area contributed by atoms with E-state index in [9.17, 15) is 13.2 Å². The van der Waals surface area contributed by atoms with Crippen molar-refractivity contribution in [3.63, 3.8) is 0 Å². The van der Waals surface area contributed by atoms with E-state index in [0.29, 0.717) is 0 Å². The lowest BCUT2D eigenvalue weighted by Crippen LogP contribution is -2.28. The molecule has 13 heavy (non-hydrogen) atoms. The van der Waals surface area contributed by atoms with Gasteiger partial charge in [0, 0.05) is 25.1 Å². The molecule has 2 N–H and O–H groups in total. The number of nitrogens with two attached hydrogens (primary N) is 1. The van der Waals surface area contributed by atoms with E-state index in [1.807, 2.05) is 0 Å². The molecule has 0 spiro atoms. The number of rotatable bonds is 2. The van der Waals surface area contributed by atoms with Crippen LogP contribution >= 0.6 is 0 Å². The van der Waals surface area contributed by atoms with Crippen LogP contribution in [0.4, 0.5) is 13.2 Å². The molecule has 1 aromatic heterocycles. The van der Waals surface area contributed by atoms with Gasteiger partial charge in [0.2, 0.25) is 0 Å². The molecule has 1 atom stereocenters. The summed E-state index contributed by atoms with van der Waals surface area (Å²) in [5, 5.41) is 0. The van der Waals surface area contributed by atoms with Crippen molar-refractivity contribution in [2.75, 3.05) is 6.54 Å². The van der Waals surface area contributed by atoms with Crippen LogP contribution in [0.5, 0.6) is 0 Å². The van der Waals surface area contributed by atoms with Gasteiger partial charge in [-0.25, -0.2) is 0 Å². The standard InChI is InChI=1S/C7H8F3N3/c8-7(9,10)5(3-11)6-4-12-1-2-13-6/h1-2,4-5H,3,11H2. The van der Waals surface area contributed by atoms with Crippen LogP contribution in [0.3, 0.4) is 0 Å². The first-order chi connectivity index (χ1) is 6.05. The van der Waals surface area contributed by atoms with Gasteiger partial charge in [-0.05, 0) is 0 Å². The largest absolute Gasteiger partial charge is 0.398 e. The molecule has 0 aliphatic rings. The highest BCUT2D eigenvalue weighted by molar-refractivity contribution is 5.06. The van der Waals surface area contributed by atoms with E-state index in [2.05, 4.69) is 9.97 Å². The van der Waals surface area contributed by atoms with Crippen LogP contribution in [0, 0.1) is 0 Å². The molecule has 0 radical (unpaired) electrons. The fraction of sp³-hybridized carbons (Fsp3) is 0.429. The minimum Gasteiger partial charge on any atom is -0.329 e. The van der Waals surface area contributed by atoms with Crippen LogP contribution in [-0.4, -0.2) is 22.7 Å². The van der Waals surface area contributed by atoms with Crippen molar-refractivity contribution >= 4 is 0 Å². The maximum absolute atomic E-state index is 12.3. The Balaban J connectivity index is 2.92. The monoisotopic (exact) mass is 191 g/mol. The molecule has 0 aliphatic carbocycles. The Hall–Kier alpha value is -1.17. The van der Waals surface area contributed by atoms with Crippen molar-refractivity contribution in [1.29, 1.82) is 0 Å². The fourth-order valence-electron chi connectivity index (χ4n) is 0.913. The summed E-state index contributed by atoms with van der Waals surface area (Å²) in [6.45, 7) is -0.512. The fourth-order valence-corrected chi connectivity index (χ4v) is 0.913. The number of alkyl halides is 3. The maximum atomic E-state index is 12.3. The first kappa shape index (κ1) is 9.91. The Morgan fingerprint density at radius 2 is 2.08 bits per heavy atom. The maximum Gasteiger partial charge on any atom is 0.398 e. The summed E-state index contributed by atoms with van der Waals surface area (Å²) in [6, 6.07) is 0. The van der Waals surface area contributed by atoms with Gasteiger partial charge >= 0.3 is 6.18 Å². The van der Waals surface area contributed by atoms with Gasteiger partial charge in [-0.2, -0.15) is 13.2 Å². The predicted octanol–water partition coefficient (Wildman–Crippen LogP) is 1.08. The summed E-state index contributed by atoms with van der Waals surface area (Å²) in [6.07, 6.45) is -0.757. The zero-order valence-electron chi connectivity index (χ0n) is 6.62. The van der Waals surface area contributed by atoms with E-state index in [1.54, 1.807) is 0 Å². The number of hydrogen-bond donors (Lipinski definition) is 1. The molecular weight excluding hydrogens is 183 g/mol. The Labute approximate surface area is 72.8 Å². The minimum absolute atomic E-state index is 0.141. The Bertz CT molecular complexity index is 259. The number of hydrogen-bond acceptors (Lipinski definition) is 3. The molecule has 0 aliphatic heterocycles. The van der Waals surface area contributed by atoms with Gasteiger partial charge in [0.05, 0.1) is 5.69 Å². The molecule has 1 rings (SSSR count). The van der Waals surface area contributed by atoms with Gasteiger partial charge in [0.1, 0.15) is 5.92 Å². The zero-order valence-corrected chi connectivity index (χ0v) is 6.62. The van der Waals surface area contributed by atoms with E-state index in [4.69, 9.17) is 5.73 Å². The van der Waals surface area contributed by atoms with E-state index in [0.717, 1.165) is 6.20 Å². The lowest BCUT2D eigenvalue weighted by Gasteiger charge is -2.16. The highest BCUT2D eigenvalue weighted by Gasteiger charge is 2.40. The van der Waals surface area contributed by atoms with Gasteiger partial charge in [-0.15, -0.1) is 0 Å². The van der Waals surface area contributed by atoms with E-state index < -0.39 is 18.6 Å². The SMILES string of the molecule is NCC(c1cnccn1)C(F)(F)F. The molecule has 0 saturated carbocycles. The molecule has 0 fully saturated rings. The molecule has 72 valence electrons. The molecule has 0 bridgehead atoms. The molecular formula is C7H8F3N3. The smallest absolute Gasteiger partial charge is 0.329 e. The molecule has 0 amide bonds. The van der Waals surface area contributed by atoms with Gasteiger partial charge < -0.3 is 5.73 Å². The minimum atomic E-state index is -4.36. The molecule has 1 aromatic rings. The summed E-state index contributed by atoms with van der Waals surface area (Å²) >= 11 is 0. The number of aromatic nitrogens is 2. The van der Waals surface area contributed by atoms with Crippen LogP contribution in [-0.2, 0) is 0 Å². The second-order valence-corrected chi connectivity index (χ2v) is 2.46. The van der Waals surface area contributed by atoms with Crippen molar-refractivity contribution in [2.45, 2.75) is 12.1 Å². The Kier molecular flexibility index (Phi) is 2.82. The average molecular weight is 191 g/mol. The van der Waals surface area contributed by atoms with Crippen molar-refractivity contribution in [3.8, 4) is 0 Å². The van der Waals surface area contributed by atoms with Gasteiger partial charge in [0.15, 0.2) is 0 Å². The first-order valence-corrected chi connectivity index (χ1v) is 3.58. The molecule has 1 unspecified atom stereocenters. The Morgan fingerprint density at radius 1 is 1.38 bits per heavy atom. The van der Waals surface area contributed by atoms with Crippen LogP contribution < -0.4 is 5.73 Å². The van der Waals surface area contributed by atoms with Crippen LogP contribution in [0.2, 0.25) is 0 Å². The molecule has 0 aromatic carbocycles. The van der Waals surface area contributed by atoms with E-state index in [1.165, 1.54) is 12.4 Å². The predicted molar refractivity (Wildman–Crippen MR) is 39.9 cm³/mol. The normalized spacial score (nSPS) is 14.2. The highest BCUT2D eigenvalue weighted by Crippen LogP contribution is 2.32. The first-order valence-electron chi connectivity index (χ1n) is 3.58. The van der Waals surface area contributed by atoms with Crippen LogP contribution in [0.25, 0.3) is 0 Å². The van der Waals surface area contributed by atoms with E-state index >= 15 is 0 Å². The summed E-state index contributed by atoms with van der Waals surface area (Å²) < 4.78 is 36.8. The molecule has 3 nitrogen and oxygen atoms in total. The van der Waals surface area contributed by atoms with Gasteiger partial charge in [-0.1, -0.05) is 0 Å². The van der Waals surface area contributed by atoms with Crippen LogP contribution in [0.1, 0.15) is 11.6 Å². The van der Waals surface area contributed by atoms with Crippen molar-refractivity contribution in [1.82, 2.24) is 9.97 Å². The van der Waals surface area contributed by atoms with Crippen molar-refractivity contribution < 1.29 is 13.2 Å². The third-order valence-electron chi connectivity index (χ3n) is 1.57. The van der Waals surface area contributed by atoms with Gasteiger partial charge in [0.25, 0.3) is 0 Å². The van der Waals surface area contributed by atoms with Crippen molar-refractivity contribution in [2.24, 2.45) is 5.73 Å². The van der Waals surface area contributed by atoms with Gasteiger partial charge in [-0.3, -0.25) is 9.97 Å². The molecule has 0 saturated heterocycles. The second-order valence-electron chi connectivity index (χ2n) is 2.46. The quantitative estimate of drug-likeness (QED) is 0.761. The average Bonchev–Trinajstić information content (AvgIpc) is 2.05.